The number of aliphatic hydroxyl groups is 3. The molecule has 0 aromatic carbocycles. The van der Waals surface area contributed by atoms with Crippen LogP contribution in [0.5, 0.6) is 0 Å². The topological polar surface area (TPSA) is 127 Å². The van der Waals surface area contributed by atoms with Crippen LogP contribution in [0.1, 0.15) is 0 Å². The highest BCUT2D eigenvalue weighted by atomic mass is 16.3. The fourth-order valence-electron chi connectivity index (χ4n) is 1.12. The van der Waals surface area contributed by atoms with Crippen LogP contribution >= 0.6 is 0 Å². The molecule has 0 aromatic heterocycles. The quantitative estimate of drug-likeness (QED) is 0.414. The Balaban J connectivity index is 4.58. The molecule has 0 aromatic rings. The molecule has 0 atom stereocenters. The molecular formula is C8H17N3O5. The lowest BCUT2D eigenvalue weighted by Gasteiger charge is -2.26. The van der Waals surface area contributed by atoms with Gasteiger partial charge in [0, 0.05) is 13.1 Å². The summed E-state index contributed by atoms with van der Waals surface area (Å²) in [4.78, 5) is 24.3. The second-order valence-electron chi connectivity index (χ2n) is 2.93. The molecule has 8 heteroatoms. The van der Waals surface area contributed by atoms with Crippen molar-refractivity contribution in [2.24, 2.45) is 5.73 Å². The van der Waals surface area contributed by atoms with Crippen molar-refractivity contribution < 1.29 is 24.9 Å². The van der Waals surface area contributed by atoms with Crippen molar-refractivity contribution in [3.05, 3.63) is 0 Å². The van der Waals surface area contributed by atoms with Crippen LogP contribution in [0.2, 0.25) is 0 Å². The largest absolute Gasteiger partial charge is 0.395 e. The number of urea groups is 2. The van der Waals surface area contributed by atoms with Crippen LogP contribution in [0.15, 0.2) is 0 Å². The lowest BCUT2D eigenvalue weighted by molar-refractivity contribution is 0.126. The number of nitrogens with two attached hydrogens (primary N) is 1. The average Bonchev–Trinajstić information content (AvgIpc) is 2.24. The van der Waals surface area contributed by atoms with Gasteiger partial charge >= 0.3 is 12.1 Å². The van der Waals surface area contributed by atoms with Gasteiger partial charge in [0.1, 0.15) is 0 Å². The van der Waals surface area contributed by atoms with E-state index in [1.165, 1.54) is 0 Å². The van der Waals surface area contributed by atoms with E-state index >= 15 is 0 Å². The van der Waals surface area contributed by atoms with Crippen LogP contribution in [-0.4, -0.2) is 76.6 Å². The van der Waals surface area contributed by atoms with Crippen molar-refractivity contribution >= 4 is 12.1 Å². The summed E-state index contributed by atoms with van der Waals surface area (Å²) < 4.78 is 0. The summed E-state index contributed by atoms with van der Waals surface area (Å²) in [7, 11) is 0. The third kappa shape index (κ3) is 4.43. The van der Waals surface area contributed by atoms with Crippen LogP contribution in [0.4, 0.5) is 9.59 Å². The molecule has 16 heavy (non-hydrogen) atoms. The number of hydrogen-bond donors (Lipinski definition) is 4. The van der Waals surface area contributed by atoms with Gasteiger partial charge in [-0.15, -0.1) is 0 Å². The number of carbonyl (C=O) groups excluding carboxylic acids is 2. The minimum Gasteiger partial charge on any atom is -0.395 e. The van der Waals surface area contributed by atoms with Crippen molar-refractivity contribution in [2.45, 2.75) is 0 Å². The molecule has 8 nitrogen and oxygen atoms in total. The van der Waals surface area contributed by atoms with Gasteiger partial charge in [-0.25, -0.2) is 14.5 Å². The summed E-state index contributed by atoms with van der Waals surface area (Å²) in [6, 6.07) is -1.73. The second-order valence-corrected chi connectivity index (χ2v) is 2.93. The fraction of sp³-hybridized carbons (Fsp3) is 0.750. The molecule has 0 rings (SSSR count). The first-order chi connectivity index (χ1) is 7.58. The fourth-order valence-corrected chi connectivity index (χ4v) is 1.12. The SMILES string of the molecule is NC(=O)N(CCO)C(=O)N(CCO)CCO. The van der Waals surface area contributed by atoms with E-state index in [9.17, 15) is 9.59 Å². The van der Waals surface area contributed by atoms with Crippen LogP contribution < -0.4 is 5.73 Å². The summed E-state index contributed by atoms with van der Waals surface area (Å²) in [5, 5.41) is 26.1. The van der Waals surface area contributed by atoms with E-state index in [0.717, 1.165) is 4.90 Å². The Morgan fingerprint density at radius 3 is 1.69 bits per heavy atom. The highest BCUT2D eigenvalue weighted by Gasteiger charge is 2.23. The Hall–Kier alpha value is -1.38. The van der Waals surface area contributed by atoms with Gasteiger partial charge in [0.15, 0.2) is 0 Å². The number of imide groups is 1. The second kappa shape index (κ2) is 7.85. The Morgan fingerprint density at radius 2 is 1.38 bits per heavy atom. The van der Waals surface area contributed by atoms with Gasteiger partial charge < -0.3 is 26.0 Å². The Labute approximate surface area is 92.9 Å². The highest BCUT2D eigenvalue weighted by molar-refractivity contribution is 5.92. The first kappa shape index (κ1) is 14.6. The molecule has 0 unspecified atom stereocenters. The predicted octanol–water partition coefficient (Wildman–Crippen LogP) is -2.23. The highest BCUT2D eigenvalue weighted by Crippen LogP contribution is 1.98. The van der Waals surface area contributed by atoms with Gasteiger partial charge in [-0.05, 0) is 0 Å². The van der Waals surface area contributed by atoms with Gasteiger partial charge in [-0.2, -0.15) is 0 Å². The lowest BCUT2D eigenvalue weighted by Crippen LogP contribution is -2.51. The molecule has 0 radical (unpaired) electrons. The van der Waals surface area contributed by atoms with E-state index in [0.29, 0.717) is 4.90 Å². The number of aliphatic hydroxyl groups excluding tert-OH is 3. The maximum Gasteiger partial charge on any atom is 0.328 e. The monoisotopic (exact) mass is 235 g/mol. The van der Waals surface area contributed by atoms with Gasteiger partial charge in [0.2, 0.25) is 0 Å². The van der Waals surface area contributed by atoms with E-state index in [2.05, 4.69) is 0 Å². The van der Waals surface area contributed by atoms with Crippen molar-refractivity contribution in [3.8, 4) is 0 Å². The molecule has 0 saturated heterocycles. The molecule has 94 valence electrons. The third-order valence-electron chi connectivity index (χ3n) is 1.83. The molecule has 0 fully saturated rings. The zero-order valence-electron chi connectivity index (χ0n) is 8.87. The molecule has 0 bridgehead atoms. The van der Waals surface area contributed by atoms with Gasteiger partial charge in [-0.1, -0.05) is 0 Å². The van der Waals surface area contributed by atoms with E-state index in [1.54, 1.807) is 0 Å². The van der Waals surface area contributed by atoms with Crippen molar-refractivity contribution in [1.29, 1.82) is 0 Å². The molecule has 0 aliphatic heterocycles. The maximum atomic E-state index is 11.7. The minimum absolute atomic E-state index is 0.0192. The summed E-state index contributed by atoms with van der Waals surface area (Å²) in [6.45, 7) is -1.25. The van der Waals surface area contributed by atoms with Crippen LogP contribution in [0.3, 0.4) is 0 Å². The molecule has 0 saturated carbocycles. The number of rotatable bonds is 6. The number of amides is 4. The van der Waals surface area contributed by atoms with E-state index in [4.69, 9.17) is 21.1 Å². The molecule has 0 heterocycles. The predicted molar refractivity (Wildman–Crippen MR) is 54.5 cm³/mol. The Morgan fingerprint density at radius 1 is 0.938 bits per heavy atom. The van der Waals surface area contributed by atoms with E-state index < -0.39 is 18.7 Å². The maximum absolute atomic E-state index is 11.7. The van der Waals surface area contributed by atoms with E-state index in [-0.39, 0.29) is 32.8 Å². The van der Waals surface area contributed by atoms with Crippen LogP contribution in [0.25, 0.3) is 0 Å². The Kier molecular flexibility index (Phi) is 7.18. The van der Waals surface area contributed by atoms with Crippen molar-refractivity contribution in [1.82, 2.24) is 9.80 Å². The third-order valence-corrected chi connectivity index (χ3v) is 1.83. The van der Waals surface area contributed by atoms with Crippen LogP contribution in [-0.2, 0) is 0 Å². The molecule has 0 aliphatic carbocycles. The molecule has 0 aliphatic rings. The van der Waals surface area contributed by atoms with Crippen LogP contribution in [0, 0.1) is 0 Å². The summed E-state index contributed by atoms with van der Waals surface area (Å²) in [5.74, 6) is 0. The summed E-state index contributed by atoms with van der Waals surface area (Å²) in [5.41, 5.74) is 4.96. The molecule has 0 spiro atoms. The first-order valence-electron chi connectivity index (χ1n) is 4.77. The van der Waals surface area contributed by atoms with Crippen molar-refractivity contribution in [3.63, 3.8) is 0 Å². The minimum atomic E-state index is -0.986. The zero-order chi connectivity index (χ0) is 12.6. The number of hydrogen-bond acceptors (Lipinski definition) is 5. The standard InChI is InChI=1S/C8H17N3O5/c9-7(15)11(3-6-14)8(16)10(1-4-12)2-5-13/h12-14H,1-6H2,(H2,9,15). The number of primary amides is 1. The average molecular weight is 235 g/mol. The van der Waals surface area contributed by atoms with Gasteiger partial charge in [-0.3, -0.25) is 0 Å². The molecular weight excluding hydrogens is 218 g/mol. The molecule has 5 N–H and O–H groups in total. The zero-order valence-corrected chi connectivity index (χ0v) is 8.87. The van der Waals surface area contributed by atoms with Crippen molar-refractivity contribution in [2.75, 3.05) is 39.5 Å². The number of carbonyl (C=O) groups is 2. The smallest absolute Gasteiger partial charge is 0.328 e. The van der Waals surface area contributed by atoms with E-state index in [1.807, 2.05) is 0 Å². The van der Waals surface area contributed by atoms with Gasteiger partial charge in [0.05, 0.1) is 26.4 Å². The lowest BCUT2D eigenvalue weighted by atomic mass is 10.4. The van der Waals surface area contributed by atoms with Gasteiger partial charge in [0.25, 0.3) is 0 Å². The molecule has 4 amide bonds. The summed E-state index contributed by atoms with van der Waals surface area (Å²) in [6.07, 6.45) is 0. The Bertz CT molecular complexity index is 230. The number of nitrogens with zero attached hydrogens (tertiary/aromatic N) is 2. The summed E-state index contributed by atoms with van der Waals surface area (Å²) >= 11 is 0. The normalized spacial score (nSPS) is 9.94. The first-order valence-corrected chi connectivity index (χ1v) is 4.77.